The molecule has 2 rings (SSSR count). The van der Waals surface area contributed by atoms with Crippen LogP contribution in [0.3, 0.4) is 0 Å². The fourth-order valence-corrected chi connectivity index (χ4v) is 2.64. The minimum absolute atomic E-state index is 0.245. The Kier molecular flexibility index (Phi) is 7.31. The topological polar surface area (TPSA) is 61.5 Å². The minimum Gasteiger partial charge on any atom is -0.490 e. The molecule has 7 heteroatoms. The summed E-state index contributed by atoms with van der Waals surface area (Å²) in [5.41, 5.74) is 0.933. The van der Waals surface area contributed by atoms with Gasteiger partial charge in [-0.25, -0.2) is 0 Å². The Hall–Kier alpha value is -2.02. The van der Waals surface area contributed by atoms with E-state index >= 15 is 0 Å². The summed E-state index contributed by atoms with van der Waals surface area (Å²) in [5, 5.41) is 13.7. The molecular formula is C18H26N4O2S. The lowest BCUT2D eigenvalue weighted by Gasteiger charge is -2.12. The van der Waals surface area contributed by atoms with Crippen LogP contribution in [0.4, 0.5) is 0 Å². The molecule has 25 heavy (non-hydrogen) atoms. The monoisotopic (exact) mass is 362 g/mol. The second kappa shape index (κ2) is 9.46. The third-order valence-corrected chi connectivity index (χ3v) is 4.01. The van der Waals surface area contributed by atoms with Crippen molar-refractivity contribution in [2.24, 2.45) is 5.10 Å². The van der Waals surface area contributed by atoms with Gasteiger partial charge in [0.2, 0.25) is 5.16 Å². The number of nitrogens with zero attached hydrogens (tertiary/aromatic N) is 4. The summed E-state index contributed by atoms with van der Waals surface area (Å²) in [4.78, 5) is 0. The van der Waals surface area contributed by atoms with Gasteiger partial charge in [0.25, 0.3) is 0 Å². The molecule has 0 atom stereocenters. The first-order chi connectivity index (χ1) is 12.1. The first-order valence-corrected chi connectivity index (χ1v) is 9.76. The highest BCUT2D eigenvalue weighted by atomic mass is 32.2. The van der Waals surface area contributed by atoms with E-state index in [0.717, 1.165) is 34.5 Å². The summed E-state index contributed by atoms with van der Waals surface area (Å²) in [5.74, 6) is 2.58. The van der Waals surface area contributed by atoms with Crippen LogP contribution in [-0.4, -0.2) is 40.6 Å². The predicted octanol–water partition coefficient (Wildman–Crippen LogP) is 4.19. The van der Waals surface area contributed by atoms with Crippen LogP contribution >= 0.6 is 11.8 Å². The van der Waals surface area contributed by atoms with E-state index in [1.54, 1.807) is 10.9 Å². The van der Waals surface area contributed by atoms with E-state index in [4.69, 9.17) is 9.47 Å². The molecule has 0 aliphatic rings. The lowest BCUT2D eigenvalue weighted by molar-refractivity contribution is 0.277. The molecule has 0 unspecified atom stereocenters. The fourth-order valence-electron chi connectivity index (χ4n) is 2.20. The van der Waals surface area contributed by atoms with Gasteiger partial charge in [-0.1, -0.05) is 32.5 Å². The highest BCUT2D eigenvalue weighted by Crippen LogP contribution is 2.28. The van der Waals surface area contributed by atoms with Crippen LogP contribution in [0.5, 0.6) is 11.5 Å². The van der Waals surface area contributed by atoms with Crippen molar-refractivity contribution in [1.29, 1.82) is 0 Å². The third-order valence-electron chi connectivity index (χ3n) is 3.39. The van der Waals surface area contributed by atoms with Gasteiger partial charge in [-0.3, -0.25) is 0 Å². The zero-order chi connectivity index (χ0) is 18.2. The molecule has 136 valence electrons. The molecule has 1 heterocycles. The van der Waals surface area contributed by atoms with Crippen LogP contribution in [0.15, 0.2) is 28.5 Å². The van der Waals surface area contributed by atoms with Crippen LogP contribution < -0.4 is 9.47 Å². The smallest absolute Gasteiger partial charge is 0.211 e. The van der Waals surface area contributed by atoms with Gasteiger partial charge in [0.05, 0.1) is 19.4 Å². The third kappa shape index (κ3) is 4.98. The van der Waals surface area contributed by atoms with Gasteiger partial charge >= 0.3 is 0 Å². The van der Waals surface area contributed by atoms with Gasteiger partial charge in [0.1, 0.15) is 0 Å². The number of hydrogen-bond acceptors (Lipinski definition) is 6. The maximum absolute atomic E-state index is 5.73. The second-order valence-corrected chi connectivity index (χ2v) is 6.52. The van der Waals surface area contributed by atoms with E-state index in [1.165, 1.54) is 11.8 Å². The quantitative estimate of drug-likeness (QED) is 0.494. The highest BCUT2D eigenvalue weighted by molar-refractivity contribution is 7.98. The second-order valence-electron chi connectivity index (χ2n) is 5.74. The Labute approximate surface area is 153 Å². The average Bonchev–Trinajstić information content (AvgIpc) is 3.02. The molecule has 0 bridgehead atoms. The van der Waals surface area contributed by atoms with E-state index in [9.17, 15) is 0 Å². The summed E-state index contributed by atoms with van der Waals surface area (Å²) < 4.78 is 13.2. The standard InChI is InChI=1S/C18H26N4O2S/c1-6-10-24-15-9-8-14(11-16(15)23-7-2)12-19-22-17(13(3)4)20-21-18(22)25-5/h8-9,11-13H,6-7,10H2,1-5H3/b19-12-. The molecule has 1 aromatic heterocycles. The molecule has 0 radical (unpaired) electrons. The molecule has 0 saturated carbocycles. The van der Waals surface area contributed by atoms with Crippen molar-refractivity contribution in [3.8, 4) is 11.5 Å². The molecule has 0 saturated heterocycles. The molecule has 0 amide bonds. The lowest BCUT2D eigenvalue weighted by atomic mass is 10.2. The molecule has 1 aromatic carbocycles. The van der Waals surface area contributed by atoms with Crippen molar-refractivity contribution in [3.05, 3.63) is 29.6 Å². The van der Waals surface area contributed by atoms with Gasteiger partial charge in [-0.15, -0.1) is 10.2 Å². The van der Waals surface area contributed by atoms with Crippen molar-refractivity contribution < 1.29 is 9.47 Å². The molecule has 6 nitrogen and oxygen atoms in total. The van der Waals surface area contributed by atoms with Crippen LogP contribution in [0, 0.1) is 0 Å². The number of ether oxygens (including phenoxy) is 2. The van der Waals surface area contributed by atoms with Crippen molar-refractivity contribution in [2.75, 3.05) is 19.5 Å². The van der Waals surface area contributed by atoms with Crippen LogP contribution in [0.1, 0.15) is 51.4 Å². The maximum atomic E-state index is 5.73. The first kappa shape index (κ1) is 19.3. The van der Waals surface area contributed by atoms with Crippen molar-refractivity contribution in [2.45, 2.75) is 45.2 Å². The van der Waals surface area contributed by atoms with Gasteiger partial charge in [-0.05, 0) is 43.4 Å². The summed E-state index contributed by atoms with van der Waals surface area (Å²) >= 11 is 1.52. The fraction of sp³-hybridized carbons (Fsp3) is 0.500. The van der Waals surface area contributed by atoms with Crippen molar-refractivity contribution >= 4 is 18.0 Å². The highest BCUT2D eigenvalue weighted by Gasteiger charge is 2.13. The number of benzene rings is 1. The van der Waals surface area contributed by atoms with Crippen molar-refractivity contribution in [3.63, 3.8) is 0 Å². The molecule has 0 fully saturated rings. The number of rotatable bonds is 9. The van der Waals surface area contributed by atoms with E-state index in [2.05, 4.69) is 36.1 Å². The molecule has 2 aromatic rings. The zero-order valence-corrected chi connectivity index (χ0v) is 16.3. The molecular weight excluding hydrogens is 336 g/mol. The minimum atomic E-state index is 0.245. The summed E-state index contributed by atoms with van der Waals surface area (Å²) in [7, 11) is 0. The largest absolute Gasteiger partial charge is 0.490 e. The lowest BCUT2D eigenvalue weighted by Crippen LogP contribution is -2.03. The van der Waals surface area contributed by atoms with Gasteiger partial charge in [0, 0.05) is 5.92 Å². The average molecular weight is 362 g/mol. The number of aromatic nitrogens is 3. The SMILES string of the molecule is CCCOc1ccc(/C=N\n2c(SC)nnc2C(C)C)cc1OCC. The maximum Gasteiger partial charge on any atom is 0.211 e. The Morgan fingerprint density at radius 1 is 1.20 bits per heavy atom. The Balaban J connectivity index is 2.29. The Morgan fingerprint density at radius 2 is 2.00 bits per heavy atom. The predicted molar refractivity (Wildman–Crippen MR) is 102 cm³/mol. The van der Waals surface area contributed by atoms with E-state index in [1.807, 2.05) is 31.4 Å². The van der Waals surface area contributed by atoms with E-state index in [0.29, 0.717) is 13.2 Å². The van der Waals surface area contributed by atoms with E-state index in [-0.39, 0.29) is 5.92 Å². The number of thioether (sulfide) groups is 1. The van der Waals surface area contributed by atoms with E-state index < -0.39 is 0 Å². The normalized spacial score (nSPS) is 11.4. The summed E-state index contributed by atoms with van der Waals surface area (Å²) in [6.45, 7) is 9.45. The molecule has 0 N–H and O–H groups in total. The number of hydrogen-bond donors (Lipinski definition) is 0. The van der Waals surface area contributed by atoms with Gasteiger partial charge in [-0.2, -0.15) is 9.78 Å². The van der Waals surface area contributed by atoms with Crippen molar-refractivity contribution in [1.82, 2.24) is 14.9 Å². The Morgan fingerprint density at radius 3 is 2.64 bits per heavy atom. The van der Waals surface area contributed by atoms with Gasteiger partial charge in [0.15, 0.2) is 17.3 Å². The molecule has 0 aliphatic heterocycles. The summed E-state index contributed by atoms with van der Waals surface area (Å²) in [6, 6.07) is 5.83. The van der Waals surface area contributed by atoms with Crippen LogP contribution in [0.25, 0.3) is 0 Å². The molecule has 0 spiro atoms. The Bertz CT molecular complexity index is 713. The zero-order valence-electron chi connectivity index (χ0n) is 15.5. The van der Waals surface area contributed by atoms with Crippen LogP contribution in [-0.2, 0) is 0 Å². The summed E-state index contributed by atoms with van der Waals surface area (Å²) in [6.07, 6.45) is 4.71. The first-order valence-electron chi connectivity index (χ1n) is 8.53. The van der Waals surface area contributed by atoms with Crippen LogP contribution in [0.2, 0.25) is 0 Å². The molecule has 0 aliphatic carbocycles. The van der Waals surface area contributed by atoms with Gasteiger partial charge < -0.3 is 9.47 Å².